The Hall–Kier alpha value is -3.81. The van der Waals surface area contributed by atoms with E-state index in [2.05, 4.69) is 15.4 Å². The molecule has 0 bridgehead atoms. The van der Waals surface area contributed by atoms with Gasteiger partial charge < -0.3 is 5.32 Å². The molecule has 8 heteroatoms. The Labute approximate surface area is 178 Å². The summed E-state index contributed by atoms with van der Waals surface area (Å²) in [6.07, 6.45) is 2.90. The highest BCUT2D eigenvalue weighted by molar-refractivity contribution is 5.94. The molecule has 2 aromatic heterocycles. The van der Waals surface area contributed by atoms with Gasteiger partial charge in [0.1, 0.15) is 17.5 Å². The Balaban J connectivity index is 1.46. The van der Waals surface area contributed by atoms with Gasteiger partial charge in [-0.25, -0.2) is 14.1 Å². The number of nitrogens with one attached hydrogen (secondary N) is 1. The number of aromatic nitrogens is 4. The van der Waals surface area contributed by atoms with Crippen molar-refractivity contribution in [2.24, 2.45) is 0 Å². The normalized spacial score (nSPS) is 11.1. The maximum atomic E-state index is 13.4. The molecule has 0 fully saturated rings. The van der Waals surface area contributed by atoms with Gasteiger partial charge in [0.05, 0.1) is 19.3 Å². The summed E-state index contributed by atoms with van der Waals surface area (Å²) >= 11 is 0. The van der Waals surface area contributed by atoms with Crippen LogP contribution in [0, 0.1) is 19.7 Å². The van der Waals surface area contributed by atoms with Gasteiger partial charge >= 0.3 is 0 Å². The average molecular weight is 419 g/mol. The molecule has 158 valence electrons. The number of carbonyl (C=O) groups is 1. The van der Waals surface area contributed by atoms with Gasteiger partial charge in [0.2, 0.25) is 0 Å². The number of nitrogens with zero attached hydrogens (tertiary/aromatic N) is 4. The third-order valence-electron chi connectivity index (χ3n) is 4.96. The minimum atomic E-state index is -0.352. The molecule has 4 aromatic rings. The summed E-state index contributed by atoms with van der Waals surface area (Å²) in [5, 5.41) is 7.49. The Bertz CT molecular complexity index is 1310. The molecule has 2 aromatic carbocycles. The van der Waals surface area contributed by atoms with Crippen LogP contribution in [0.15, 0.2) is 59.8 Å². The molecule has 2 heterocycles. The second-order valence-corrected chi connectivity index (χ2v) is 7.54. The van der Waals surface area contributed by atoms with Gasteiger partial charge in [0, 0.05) is 12.1 Å². The van der Waals surface area contributed by atoms with E-state index in [4.69, 9.17) is 0 Å². The lowest BCUT2D eigenvalue weighted by Gasteiger charge is -2.08. The second kappa shape index (κ2) is 8.51. The second-order valence-electron chi connectivity index (χ2n) is 7.54. The quantitative estimate of drug-likeness (QED) is 0.521. The molecule has 1 N–H and O–H groups in total. The van der Waals surface area contributed by atoms with Gasteiger partial charge in [-0.15, -0.1) is 0 Å². The van der Waals surface area contributed by atoms with E-state index in [1.165, 1.54) is 29.2 Å². The molecule has 0 aliphatic heterocycles. The first kappa shape index (κ1) is 20.5. The molecule has 1 amide bonds. The molecule has 7 nitrogen and oxygen atoms in total. The Morgan fingerprint density at radius 2 is 1.90 bits per heavy atom. The van der Waals surface area contributed by atoms with E-state index in [9.17, 15) is 14.0 Å². The van der Waals surface area contributed by atoms with E-state index in [-0.39, 0.29) is 23.8 Å². The van der Waals surface area contributed by atoms with Crippen molar-refractivity contribution >= 4 is 16.9 Å². The number of benzene rings is 2. The predicted molar refractivity (Wildman–Crippen MR) is 116 cm³/mol. The molecule has 0 unspecified atom stereocenters. The number of fused-ring (bicyclic) bond motifs is 1. The minimum Gasteiger partial charge on any atom is -0.350 e. The molecule has 0 radical (unpaired) electrons. The molecule has 31 heavy (non-hydrogen) atoms. The minimum absolute atomic E-state index is 0.159. The summed E-state index contributed by atoms with van der Waals surface area (Å²) < 4.78 is 16.4. The average Bonchev–Trinajstić information content (AvgIpc) is 3.13. The van der Waals surface area contributed by atoms with Gasteiger partial charge in [0.15, 0.2) is 5.65 Å². The molecule has 0 spiro atoms. The van der Waals surface area contributed by atoms with E-state index in [0.717, 1.165) is 11.1 Å². The number of rotatable bonds is 6. The van der Waals surface area contributed by atoms with Crippen LogP contribution in [0.5, 0.6) is 0 Å². The van der Waals surface area contributed by atoms with Crippen molar-refractivity contribution < 1.29 is 9.18 Å². The largest absolute Gasteiger partial charge is 0.350 e. The van der Waals surface area contributed by atoms with Crippen LogP contribution in [-0.4, -0.2) is 31.8 Å². The molecule has 0 aliphatic rings. The lowest BCUT2D eigenvalue weighted by molar-refractivity contribution is 0.0952. The Kier molecular flexibility index (Phi) is 5.62. The van der Waals surface area contributed by atoms with Crippen LogP contribution in [0.3, 0.4) is 0 Å². The van der Waals surface area contributed by atoms with E-state index < -0.39 is 0 Å². The van der Waals surface area contributed by atoms with Crippen LogP contribution in [0.1, 0.15) is 27.0 Å². The smallest absolute Gasteiger partial charge is 0.264 e. The highest BCUT2D eigenvalue weighted by Crippen LogP contribution is 2.10. The zero-order valence-electron chi connectivity index (χ0n) is 17.3. The maximum absolute atomic E-state index is 13.4. The van der Waals surface area contributed by atoms with Gasteiger partial charge in [-0.3, -0.25) is 14.2 Å². The lowest BCUT2D eigenvalue weighted by Crippen LogP contribution is -2.28. The van der Waals surface area contributed by atoms with E-state index in [1.54, 1.807) is 16.8 Å². The van der Waals surface area contributed by atoms with Crippen molar-refractivity contribution in [1.29, 1.82) is 0 Å². The van der Waals surface area contributed by atoms with Crippen LogP contribution < -0.4 is 10.9 Å². The number of halogens is 1. The van der Waals surface area contributed by atoms with Crippen LogP contribution >= 0.6 is 0 Å². The fourth-order valence-electron chi connectivity index (χ4n) is 3.59. The SMILES string of the molecule is Cc1cc(C)cc(C(=O)NCCn2ncc3c(=O)n(Cc4cccc(F)c4)cnc32)c1. The third-order valence-corrected chi connectivity index (χ3v) is 4.96. The fourth-order valence-corrected chi connectivity index (χ4v) is 3.59. The van der Waals surface area contributed by atoms with E-state index in [0.29, 0.717) is 35.2 Å². The molecule has 0 atom stereocenters. The molecule has 4 rings (SSSR count). The molecular formula is C23H22FN5O2. The van der Waals surface area contributed by atoms with Crippen molar-refractivity contribution in [2.45, 2.75) is 26.9 Å². The van der Waals surface area contributed by atoms with Crippen LogP contribution in [0.25, 0.3) is 11.0 Å². The number of hydrogen-bond donors (Lipinski definition) is 1. The van der Waals surface area contributed by atoms with Crippen molar-refractivity contribution in [3.8, 4) is 0 Å². The summed E-state index contributed by atoms with van der Waals surface area (Å²) in [4.78, 5) is 29.5. The van der Waals surface area contributed by atoms with Gasteiger partial charge in [-0.05, 0) is 43.7 Å². The fraction of sp³-hybridized carbons (Fsp3) is 0.217. The lowest BCUT2D eigenvalue weighted by atomic mass is 10.1. The van der Waals surface area contributed by atoms with Crippen molar-refractivity contribution in [3.05, 3.63) is 93.4 Å². The highest BCUT2D eigenvalue weighted by atomic mass is 19.1. The number of hydrogen-bond acceptors (Lipinski definition) is 4. The van der Waals surface area contributed by atoms with E-state index >= 15 is 0 Å². The number of amides is 1. The van der Waals surface area contributed by atoms with Crippen molar-refractivity contribution in [3.63, 3.8) is 0 Å². The first-order valence-electron chi connectivity index (χ1n) is 9.92. The first-order chi connectivity index (χ1) is 14.9. The van der Waals surface area contributed by atoms with Gasteiger partial charge in [-0.1, -0.05) is 29.3 Å². The molecule has 0 aliphatic carbocycles. The summed E-state index contributed by atoms with van der Waals surface area (Å²) in [7, 11) is 0. The molecule has 0 saturated heterocycles. The Morgan fingerprint density at radius 1 is 1.13 bits per heavy atom. The zero-order chi connectivity index (χ0) is 22.0. The highest BCUT2D eigenvalue weighted by Gasteiger charge is 2.12. The molecular weight excluding hydrogens is 397 g/mol. The van der Waals surface area contributed by atoms with Crippen LogP contribution in [-0.2, 0) is 13.1 Å². The van der Waals surface area contributed by atoms with Crippen molar-refractivity contribution in [2.75, 3.05) is 6.54 Å². The summed E-state index contributed by atoms with van der Waals surface area (Å²) in [6.45, 7) is 4.84. The van der Waals surface area contributed by atoms with Crippen molar-refractivity contribution in [1.82, 2.24) is 24.6 Å². The molecule has 0 saturated carbocycles. The number of aryl methyl sites for hydroxylation is 2. The summed E-state index contributed by atoms with van der Waals surface area (Å²) in [5.41, 5.74) is 3.54. The zero-order valence-corrected chi connectivity index (χ0v) is 17.3. The van der Waals surface area contributed by atoms with Crippen LogP contribution in [0.2, 0.25) is 0 Å². The summed E-state index contributed by atoms with van der Waals surface area (Å²) in [6, 6.07) is 11.8. The topological polar surface area (TPSA) is 81.8 Å². The van der Waals surface area contributed by atoms with Gasteiger partial charge in [0.25, 0.3) is 11.5 Å². The van der Waals surface area contributed by atoms with Crippen LogP contribution in [0.4, 0.5) is 4.39 Å². The first-order valence-corrected chi connectivity index (χ1v) is 9.92. The predicted octanol–water partition coefficient (Wildman–Crippen LogP) is 2.83. The summed E-state index contributed by atoms with van der Waals surface area (Å²) in [5.74, 6) is -0.510. The van der Waals surface area contributed by atoms with E-state index in [1.807, 2.05) is 32.0 Å². The maximum Gasteiger partial charge on any atom is 0.264 e. The monoisotopic (exact) mass is 419 g/mol. The van der Waals surface area contributed by atoms with Gasteiger partial charge in [-0.2, -0.15) is 5.10 Å². The standard InChI is InChI=1S/C23H22FN5O2/c1-15-8-16(2)10-18(9-15)22(30)25-6-7-29-21-20(12-27-29)23(31)28(14-26-21)13-17-4-3-5-19(24)11-17/h3-5,8-12,14H,6-7,13H2,1-2H3,(H,25,30). The third kappa shape index (κ3) is 4.53. The Morgan fingerprint density at radius 3 is 2.65 bits per heavy atom. The number of carbonyl (C=O) groups excluding carboxylic acids is 1.